The third-order valence-corrected chi connectivity index (χ3v) is 4.30. The number of hydrogen-bond donors (Lipinski definition) is 2. The highest BCUT2D eigenvalue weighted by atomic mass is 32.2. The monoisotopic (exact) mass is 308 g/mol. The minimum absolute atomic E-state index is 0.00667. The van der Waals surface area contributed by atoms with E-state index in [1.165, 1.54) is 0 Å². The van der Waals surface area contributed by atoms with Gasteiger partial charge in [0.15, 0.2) is 0 Å². The van der Waals surface area contributed by atoms with E-state index in [9.17, 15) is 13.6 Å². The van der Waals surface area contributed by atoms with Gasteiger partial charge in [-0.25, -0.2) is 8.78 Å². The number of nitrogens with two attached hydrogens (primary N) is 2. The van der Waals surface area contributed by atoms with Crippen LogP contribution in [0.3, 0.4) is 0 Å². The first-order valence-corrected chi connectivity index (χ1v) is 7.14. The van der Waals surface area contributed by atoms with Crippen molar-refractivity contribution in [2.45, 2.75) is 10.4 Å². The smallest absolute Gasteiger partial charge is 0.243 e. The summed E-state index contributed by atoms with van der Waals surface area (Å²) in [5, 5.41) is 0. The van der Waals surface area contributed by atoms with Gasteiger partial charge in [0, 0.05) is 10.6 Å². The van der Waals surface area contributed by atoms with Crippen LogP contribution in [0.15, 0.2) is 53.4 Å². The van der Waals surface area contributed by atoms with Crippen molar-refractivity contribution < 1.29 is 13.6 Å². The Morgan fingerprint density at radius 3 is 2.43 bits per heavy atom. The quantitative estimate of drug-likeness (QED) is 0.833. The average molecular weight is 308 g/mol. The second kappa shape index (κ2) is 6.24. The highest BCUT2D eigenvalue weighted by Gasteiger charge is 2.34. The Hall–Kier alpha value is -1.92. The molecule has 1 unspecified atom stereocenters. The van der Waals surface area contributed by atoms with Gasteiger partial charge in [0.25, 0.3) is 0 Å². The van der Waals surface area contributed by atoms with Crippen LogP contribution in [0.5, 0.6) is 0 Å². The lowest BCUT2D eigenvalue weighted by molar-refractivity contribution is -0.122. The fraction of sp³-hybridized carbons (Fsp3) is 0.133. The number of carbonyl (C=O) groups excluding carboxylic acids is 1. The zero-order chi connectivity index (χ0) is 15.5. The summed E-state index contributed by atoms with van der Waals surface area (Å²) in [6.45, 7) is 0. The molecule has 1 amide bonds. The molecule has 0 heterocycles. The van der Waals surface area contributed by atoms with Crippen molar-refractivity contribution in [2.75, 3.05) is 5.75 Å². The maximum absolute atomic E-state index is 13.6. The van der Waals surface area contributed by atoms with Crippen LogP contribution in [-0.4, -0.2) is 11.7 Å². The number of hydrogen-bond acceptors (Lipinski definition) is 3. The number of rotatable bonds is 5. The molecule has 0 aromatic heterocycles. The van der Waals surface area contributed by atoms with E-state index in [0.717, 1.165) is 30.0 Å². The largest absolute Gasteiger partial charge is 0.368 e. The zero-order valence-corrected chi connectivity index (χ0v) is 11.9. The molecule has 0 fully saturated rings. The van der Waals surface area contributed by atoms with Crippen LogP contribution >= 0.6 is 11.8 Å². The van der Waals surface area contributed by atoms with E-state index in [1.807, 2.05) is 0 Å². The number of thioether (sulfide) groups is 1. The Bertz CT molecular complexity index is 651. The molecule has 0 aliphatic rings. The van der Waals surface area contributed by atoms with Crippen molar-refractivity contribution in [1.29, 1.82) is 0 Å². The summed E-state index contributed by atoms with van der Waals surface area (Å²) in [5.74, 6) is -1.84. The van der Waals surface area contributed by atoms with Crippen LogP contribution in [0.1, 0.15) is 5.56 Å². The van der Waals surface area contributed by atoms with Crippen LogP contribution in [0.25, 0.3) is 0 Å². The molecule has 110 valence electrons. The number of carbonyl (C=O) groups is 1. The van der Waals surface area contributed by atoms with Crippen molar-refractivity contribution in [3.05, 3.63) is 65.7 Å². The Labute approximate surface area is 125 Å². The van der Waals surface area contributed by atoms with Gasteiger partial charge in [-0.05, 0) is 23.8 Å². The fourth-order valence-electron chi connectivity index (χ4n) is 1.81. The fourth-order valence-corrected chi connectivity index (χ4v) is 2.91. The predicted molar refractivity (Wildman–Crippen MR) is 78.6 cm³/mol. The molecule has 2 aromatic carbocycles. The summed E-state index contributed by atoms with van der Waals surface area (Å²) in [5.41, 5.74) is 10.6. The molecule has 6 heteroatoms. The number of primary amides is 1. The SMILES string of the molecule is NC(=O)C(N)(CSc1cc(F)ccc1F)c1ccccc1. The molecule has 3 nitrogen and oxygen atoms in total. The molecule has 0 spiro atoms. The first-order chi connectivity index (χ1) is 9.93. The highest BCUT2D eigenvalue weighted by Crippen LogP contribution is 2.29. The first-order valence-electron chi connectivity index (χ1n) is 6.15. The van der Waals surface area contributed by atoms with Gasteiger partial charge in [-0.2, -0.15) is 0 Å². The van der Waals surface area contributed by atoms with Crippen molar-refractivity contribution in [3.63, 3.8) is 0 Å². The molecule has 0 bridgehead atoms. The topological polar surface area (TPSA) is 69.1 Å². The molecule has 1 atom stereocenters. The van der Waals surface area contributed by atoms with E-state index in [0.29, 0.717) is 5.56 Å². The minimum atomic E-state index is -1.45. The molecule has 2 aromatic rings. The molecule has 2 rings (SSSR count). The second-order valence-corrected chi connectivity index (χ2v) is 5.58. The summed E-state index contributed by atoms with van der Waals surface area (Å²) in [6, 6.07) is 11.7. The van der Waals surface area contributed by atoms with E-state index in [2.05, 4.69) is 0 Å². The number of benzene rings is 2. The van der Waals surface area contributed by atoms with Gasteiger partial charge in [0.2, 0.25) is 5.91 Å². The van der Waals surface area contributed by atoms with Crippen molar-refractivity contribution in [3.8, 4) is 0 Å². The van der Waals surface area contributed by atoms with Gasteiger partial charge in [0.05, 0.1) is 0 Å². The van der Waals surface area contributed by atoms with Gasteiger partial charge >= 0.3 is 0 Å². The maximum atomic E-state index is 13.6. The molecule has 0 aliphatic carbocycles. The molecule has 0 saturated carbocycles. The van der Waals surface area contributed by atoms with Crippen LogP contribution in [0.4, 0.5) is 8.78 Å². The minimum Gasteiger partial charge on any atom is -0.368 e. The second-order valence-electron chi connectivity index (χ2n) is 4.57. The van der Waals surface area contributed by atoms with E-state index >= 15 is 0 Å². The normalized spacial score (nSPS) is 13.7. The van der Waals surface area contributed by atoms with Crippen molar-refractivity contribution >= 4 is 17.7 Å². The van der Waals surface area contributed by atoms with Gasteiger partial charge in [0.1, 0.15) is 17.2 Å². The number of amides is 1. The molecule has 21 heavy (non-hydrogen) atoms. The molecular weight excluding hydrogens is 294 g/mol. The van der Waals surface area contributed by atoms with Crippen LogP contribution < -0.4 is 11.5 Å². The summed E-state index contributed by atoms with van der Waals surface area (Å²) in [6.07, 6.45) is 0. The van der Waals surface area contributed by atoms with Crippen LogP contribution in [-0.2, 0) is 10.3 Å². The Kier molecular flexibility index (Phi) is 4.59. The van der Waals surface area contributed by atoms with Gasteiger partial charge in [-0.3, -0.25) is 4.79 Å². The van der Waals surface area contributed by atoms with Gasteiger partial charge in [-0.1, -0.05) is 30.3 Å². The van der Waals surface area contributed by atoms with Gasteiger partial charge < -0.3 is 11.5 Å². The summed E-state index contributed by atoms with van der Waals surface area (Å²) >= 11 is 0.950. The van der Waals surface area contributed by atoms with Gasteiger partial charge in [-0.15, -0.1) is 11.8 Å². The summed E-state index contributed by atoms with van der Waals surface area (Å²) in [7, 11) is 0. The summed E-state index contributed by atoms with van der Waals surface area (Å²) < 4.78 is 26.7. The molecule has 0 aliphatic heterocycles. The average Bonchev–Trinajstić information content (AvgIpc) is 2.48. The third kappa shape index (κ3) is 3.40. The summed E-state index contributed by atoms with van der Waals surface area (Å²) in [4.78, 5) is 11.8. The van der Waals surface area contributed by atoms with E-state index in [-0.39, 0.29) is 10.6 Å². The third-order valence-electron chi connectivity index (χ3n) is 3.08. The molecule has 0 radical (unpaired) electrons. The highest BCUT2D eigenvalue weighted by molar-refractivity contribution is 7.99. The van der Waals surface area contributed by atoms with Crippen LogP contribution in [0.2, 0.25) is 0 Å². The standard InChI is InChI=1S/C15H14F2N2OS/c16-11-6-7-12(17)13(8-11)21-9-15(19,14(18)20)10-4-2-1-3-5-10/h1-8H,9,19H2,(H2,18,20). The van der Waals surface area contributed by atoms with E-state index in [1.54, 1.807) is 30.3 Å². The maximum Gasteiger partial charge on any atom is 0.243 e. The lowest BCUT2D eigenvalue weighted by atomic mass is 9.92. The predicted octanol–water partition coefficient (Wildman–Crippen LogP) is 2.40. The Morgan fingerprint density at radius 2 is 1.81 bits per heavy atom. The molecular formula is C15H14F2N2OS. The number of halogens is 2. The zero-order valence-electron chi connectivity index (χ0n) is 11.1. The first kappa shape index (κ1) is 15.5. The lowest BCUT2D eigenvalue weighted by Crippen LogP contribution is -2.51. The molecule has 4 N–H and O–H groups in total. The van der Waals surface area contributed by atoms with E-state index < -0.39 is 23.1 Å². The van der Waals surface area contributed by atoms with E-state index in [4.69, 9.17) is 11.5 Å². The van der Waals surface area contributed by atoms with Crippen molar-refractivity contribution in [1.82, 2.24) is 0 Å². The molecule has 0 saturated heterocycles. The van der Waals surface area contributed by atoms with Crippen LogP contribution in [0, 0.1) is 11.6 Å². The van der Waals surface area contributed by atoms with Crippen molar-refractivity contribution in [2.24, 2.45) is 11.5 Å². The Morgan fingerprint density at radius 1 is 1.14 bits per heavy atom. The lowest BCUT2D eigenvalue weighted by Gasteiger charge is -2.26. The Balaban J connectivity index is 2.26.